The van der Waals surface area contributed by atoms with Crippen molar-refractivity contribution in [2.75, 3.05) is 0 Å². The first-order chi connectivity index (χ1) is 67.4. The van der Waals surface area contributed by atoms with Crippen molar-refractivity contribution >= 4 is 130 Å². The second-order valence-electron chi connectivity index (χ2n) is 35.3. The summed E-state index contributed by atoms with van der Waals surface area (Å²) in [4.78, 5) is 21.4. The predicted octanol–water partition coefficient (Wildman–Crippen LogP) is 34.7. The SMILES string of the molecule is c1ccc(-c2ccc(-c3ccc(-c4nc(-c5ccc(-n6c7ccc8ccccc8c7c7c8ccc(-c9ccccc9)cc8ccc76)c6ccccc56)nc5ccccc45)cc3)cc2)cc1.c1ccc(-c2cccc(-c3ccc(-c4nc(-c5ccc(-n6c7ccc8ccccc8c7c7c8ccccc8c(-c8cccc(-c9ccccc9)c8)cc76)c6ccccc56)nc5ccccc45)cc3)c2)cc1. The van der Waals surface area contributed by atoms with E-state index in [1.54, 1.807) is 0 Å². The molecule has 27 aromatic rings. The number of hydrogen-bond donors (Lipinski definition) is 0. The molecule has 6 heteroatoms. The van der Waals surface area contributed by atoms with E-state index in [1.165, 1.54) is 142 Å². The van der Waals surface area contributed by atoms with Crippen LogP contribution >= 0.6 is 0 Å². The summed E-state index contributed by atoms with van der Waals surface area (Å²) >= 11 is 0. The van der Waals surface area contributed by atoms with Gasteiger partial charge in [0.1, 0.15) is 0 Å². The van der Waals surface area contributed by atoms with Gasteiger partial charge >= 0.3 is 0 Å². The molecule has 0 unspecified atom stereocenters. The third-order valence-corrected chi connectivity index (χ3v) is 27.6. The van der Waals surface area contributed by atoms with E-state index >= 15 is 0 Å². The summed E-state index contributed by atoms with van der Waals surface area (Å²) in [5, 5.41) is 21.4. The van der Waals surface area contributed by atoms with Gasteiger partial charge in [-0.2, -0.15) is 0 Å². The van der Waals surface area contributed by atoms with E-state index in [-0.39, 0.29) is 0 Å². The van der Waals surface area contributed by atoms with Crippen molar-refractivity contribution in [2.24, 2.45) is 0 Å². The summed E-state index contributed by atoms with van der Waals surface area (Å²) in [6, 6.07) is 179. The highest BCUT2D eigenvalue weighted by molar-refractivity contribution is 6.32. The summed E-state index contributed by atoms with van der Waals surface area (Å²) < 4.78 is 4.97. The van der Waals surface area contributed by atoms with Gasteiger partial charge in [-0.05, 0) is 211 Å². The first kappa shape index (κ1) is 78.9. The molecule has 0 N–H and O–H groups in total. The molecule has 632 valence electrons. The van der Waals surface area contributed by atoms with E-state index in [2.05, 4.69) is 507 Å². The quantitative estimate of drug-likeness (QED) is 0.115. The molecule has 27 rings (SSSR count). The Balaban J connectivity index is 0.000000142. The number of benzene rings is 23. The van der Waals surface area contributed by atoms with E-state index in [9.17, 15) is 0 Å². The van der Waals surface area contributed by atoms with Crippen LogP contribution in [0.15, 0.2) is 497 Å². The normalized spacial score (nSPS) is 11.7. The first-order valence-corrected chi connectivity index (χ1v) is 46.5. The van der Waals surface area contributed by atoms with E-state index in [4.69, 9.17) is 19.9 Å². The summed E-state index contributed by atoms with van der Waals surface area (Å²) in [5.74, 6) is 1.40. The van der Waals surface area contributed by atoms with Gasteiger partial charge in [-0.3, -0.25) is 0 Å². The third-order valence-electron chi connectivity index (χ3n) is 27.6. The number of hydrogen-bond acceptors (Lipinski definition) is 4. The van der Waals surface area contributed by atoms with Gasteiger partial charge in [0.2, 0.25) is 0 Å². The van der Waals surface area contributed by atoms with Crippen LogP contribution in [-0.4, -0.2) is 29.1 Å². The smallest absolute Gasteiger partial charge is 0.161 e. The highest BCUT2D eigenvalue weighted by Gasteiger charge is 2.26. The van der Waals surface area contributed by atoms with Gasteiger partial charge in [-0.1, -0.05) is 419 Å². The average molecular weight is 1730 g/mol. The summed E-state index contributed by atoms with van der Waals surface area (Å²) in [6.07, 6.45) is 0. The number of rotatable bonds is 13. The van der Waals surface area contributed by atoms with Gasteiger partial charge in [-0.15, -0.1) is 0 Å². The predicted molar refractivity (Wildman–Crippen MR) is 573 cm³/mol. The molecule has 0 amide bonds. The lowest BCUT2D eigenvalue weighted by Gasteiger charge is -2.16. The highest BCUT2D eigenvalue weighted by atomic mass is 15.0. The van der Waals surface area contributed by atoms with Crippen LogP contribution in [-0.2, 0) is 0 Å². The van der Waals surface area contributed by atoms with E-state index in [1.807, 2.05) is 0 Å². The number of fused-ring (bicyclic) bond motifs is 18. The minimum atomic E-state index is 0.695. The molecule has 4 heterocycles. The number of nitrogens with zero attached hydrogens (tertiary/aromatic N) is 6. The fraction of sp³-hybridized carbons (Fsp3) is 0. The summed E-state index contributed by atoms with van der Waals surface area (Å²) in [7, 11) is 0. The Hall–Kier alpha value is -18.1. The molecular formula is C130H82N6. The van der Waals surface area contributed by atoms with Crippen molar-refractivity contribution in [3.05, 3.63) is 497 Å². The van der Waals surface area contributed by atoms with Crippen molar-refractivity contribution < 1.29 is 0 Å². The van der Waals surface area contributed by atoms with Gasteiger partial charge in [0.05, 0.1) is 55.9 Å². The van der Waals surface area contributed by atoms with Crippen LogP contribution in [0.1, 0.15) is 0 Å². The molecule has 6 nitrogen and oxygen atoms in total. The largest absolute Gasteiger partial charge is 0.309 e. The number of para-hydroxylation sites is 2. The molecule has 0 spiro atoms. The van der Waals surface area contributed by atoms with Crippen molar-refractivity contribution in [2.45, 2.75) is 0 Å². The Bertz CT molecular complexity index is 9440. The van der Waals surface area contributed by atoms with Crippen LogP contribution in [0, 0.1) is 0 Å². The molecule has 0 bridgehead atoms. The van der Waals surface area contributed by atoms with Crippen LogP contribution in [0.4, 0.5) is 0 Å². The van der Waals surface area contributed by atoms with Crippen molar-refractivity contribution in [3.8, 4) is 135 Å². The maximum Gasteiger partial charge on any atom is 0.161 e. The van der Waals surface area contributed by atoms with E-state index < -0.39 is 0 Å². The van der Waals surface area contributed by atoms with Crippen LogP contribution in [0.25, 0.3) is 265 Å². The first-order valence-electron chi connectivity index (χ1n) is 46.5. The molecular weight excluding hydrogens is 1650 g/mol. The molecule has 4 aromatic heterocycles. The summed E-state index contributed by atoms with van der Waals surface area (Å²) in [5.41, 5.74) is 31.4. The zero-order chi connectivity index (χ0) is 89.7. The minimum Gasteiger partial charge on any atom is -0.309 e. The molecule has 0 saturated carbocycles. The van der Waals surface area contributed by atoms with Gasteiger partial charge < -0.3 is 9.13 Å². The maximum absolute atomic E-state index is 5.46. The van der Waals surface area contributed by atoms with Gasteiger partial charge in [0.15, 0.2) is 11.6 Å². The second-order valence-corrected chi connectivity index (χ2v) is 35.3. The Kier molecular flexibility index (Phi) is 19.2. The Labute approximate surface area is 785 Å². The minimum absolute atomic E-state index is 0.695. The third kappa shape index (κ3) is 13.6. The average Bonchev–Trinajstić information content (AvgIpc) is 1.55. The molecule has 0 atom stereocenters. The topological polar surface area (TPSA) is 61.4 Å². The fourth-order valence-electron chi connectivity index (χ4n) is 21.1. The zero-order valence-corrected chi connectivity index (χ0v) is 74.0. The van der Waals surface area contributed by atoms with Crippen LogP contribution in [0.3, 0.4) is 0 Å². The molecule has 0 saturated heterocycles. The molecule has 0 radical (unpaired) electrons. The van der Waals surface area contributed by atoms with Crippen molar-refractivity contribution in [3.63, 3.8) is 0 Å². The lowest BCUT2D eigenvalue weighted by Crippen LogP contribution is -1.99. The Morgan fingerprint density at radius 2 is 0.426 bits per heavy atom. The van der Waals surface area contributed by atoms with Gasteiger partial charge in [0.25, 0.3) is 0 Å². The summed E-state index contributed by atoms with van der Waals surface area (Å²) in [6.45, 7) is 0. The zero-order valence-electron chi connectivity index (χ0n) is 74.0. The Morgan fingerprint density at radius 1 is 0.140 bits per heavy atom. The van der Waals surface area contributed by atoms with E-state index in [0.717, 1.165) is 111 Å². The monoisotopic (exact) mass is 1730 g/mol. The fourth-order valence-corrected chi connectivity index (χ4v) is 21.1. The lowest BCUT2D eigenvalue weighted by atomic mass is 9.92. The molecule has 0 aliphatic heterocycles. The van der Waals surface area contributed by atoms with Crippen LogP contribution < -0.4 is 0 Å². The molecule has 0 aliphatic carbocycles. The van der Waals surface area contributed by atoms with E-state index in [0.29, 0.717) is 11.6 Å². The van der Waals surface area contributed by atoms with Crippen LogP contribution in [0.5, 0.6) is 0 Å². The van der Waals surface area contributed by atoms with Gasteiger partial charge in [-0.25, -0.2) is 19.9 Å². The van der Waals surface area contributed by atoms with Crippen LogP contribution in [0.2, 0.25) is 0 Å². The highest BCUT2D eigenvalue weighted by Crippen LogP contribution is 2.49. The van der Waals surface area contributed by atoms with Crippen molar-refractivity contribution in [1.29, 1.82) is 0 Å². The van der Waals surface area contributed by atoms with Gasteiger partial charge in [0, 0.05) is 65.3 Å². The number of aromatic nitrogens is 6. The van der Waals surface area contributed by atoms with Crippen molar-refractivity contribution in [1.82, 2.24) is 29.1 Å². The molecule has 23 aromatic carbocycles. The Morgan fingerprint density at radius 3 is 0.868 bits per heavy atom. The molecule has 136 heavy (non-hydrogen) atoms. The molecule has 0 fully saturated rings. The lowest BCUT2D eigenvalue weighted by molar-refractivity contribution is 1.19. The maximum atomic E-state index is 5.46. The molecule has 0 aliphatic rings. The standard InChI is InChI=1S/C68H43N3.C62H39N3/c1-3-17-44(18-4-1)49-22-15-23-50(41-49)46-33-35-48(36-34-46)67-59-31-13-14-32-61(59)69-68(70-67)58-38-40-62(56-29-11-9-27-54(56)58)71-63-39-37-47-21-7-8-26-53(47)65(63)66-57-30-12-10-28-55(57)60(43-64(66)71)52-25-16-24-51(42-52)45-19-5-2-6-20-45;1-3-13-40(14-4-1)42-23-25-43(26-24-42)44-27-29-46(30-28-44)61-54-21-11-12-22-55(54)63-62(64-61)53-35-38-56(52-20-10-9-19-51(52)53)65-57-36-32-45-17-7-8-18-49(45)59(57)60-50-34-31-47(41-15-5-2-6-16-41)39-48(50)33-37-58(60)65/h1-43H;1-39H. The second kappa shape index (κ2) is 33.1.